The molecule has 0 aliphatic heterocycles. The number of hydrogen-bond donors (Lipinski definition) is 1. The molecule has 5 heteroatoms. The number of nitrogens with zero attached hydrogens (tertiary/aromatic N) is 1. The quantitative estimate of drug-likeness (QED) is 0.702. The first-order chi connectivity index (χ1) is 6.10. The second-order valence-electron chi connectivity index (χ2n) is 3.13. The van der Waals surface area contributed by atoms with Crippen LogP contribution in [0.1, 0.15) is 6.92 Å². The van der Waals surface area contributed by atoms with Gasteiger partial charge in [0.05, 0.1) is 13.2 Å². The van der Waals surface area contributed by atoms with Crippen LogP contribution in [0.5, 0.6) is 0 Å². The number of aliphatic hydroxyl groups is 1. The fraction of sp³-hybridized carbons (Fsp3) is 1.00. The molecule has 2 nitrogen and oxygen atoms in total. The highest BCUT2D eigenvalue weighted by molar-refractivity contribution is 9.09. The monoisotopic (exact) mass is 259 g/mol. The van der Waals surface area contributed by atoms with Gasteiger partial charge in [0.2, 0.25) is 0 Å². The van der Waals surface area contributed by atoms with E-state index in [-0.39, 0.29) is 13.2 Å². The first kappa shape index (κ1) is 13.3. The van der Waals surface area contributed by atoms with Crippen molar-refractivity contribution in [3.8, 4) is 0 Å². The molecule has 13 heavy (non-hydrogen) atoms. The Balaban J connectivity index is 3.78. The lowest BCUT2D eigenvalue weighted by molar-refractivity contribution is 0.0729. The van der Waals surface area contributed by atoms with Crippen LogP contribution in [0.15, 0.2) is 0 Å². The molecular weight excluding hydrogens is 244 g/mol. The molecule has 0 spiro atoms. The Kier molecular flexibility index (Phi) is 7.80. The van der Waals surface area contributed by atoms with Crippen LogP contribution in [0.4, 0.5) is 8.78 Å². The zero-order valence-corrected chi connectivity index (χ0v) is 9.30. The third kappa shape index (κ3) is 7.34. The van der Waals surface area contributed by atoms with Crippen molar-refractivity contribution in [1.82, 2.24) is 4.90 Å². The van der Waals surface area contributed by atoms with Crippen LogP contribution in [-0.4, -0.2) is 48.0 Å². The summed E-state index contributed by atoms with van der Waals surface area (Å²) in [6.45, 7) is 2.57. The van der Waals surface area contributed by atoms with E-state index in [9.17, 15) is 8.78 Å². The Morgan fingerprint density at radius 1 is 1.38 bits per heavy atom. The smallest absolute Gasteiger partial charge is 0.251 e. The number of hydrogen-bond acceptors (Lipinski definition) is 2. The Bertz CT molecular complexity index is 127. The van der Waals surface area contributed by atoms with Crippen molar-refractivity contribution in [2.24, 2.45) is 5.92 Å². The summed E-state index contributed by atoms with van der Waals surface area (Å²) in [6.07, 6.45) is -2.32. The van der Waals surface area contributed by atoms with Crippen LogP contribution < -0.4 is 0 Å². The van der Waals surface area contributed by atoms with E-state index >= 15 is 0 Å². The first-order valence-corrected chi connectivity index (χ1v) is 5.39. The summed E-state index contributed by atoms with van der Waals surface area (Å²) >= 11 is 3.28. The zero-order valence-electron chi connectivity index (χ0n) is 7.72. The highest BCUT2D eigenvalue weighted by Crippen LogP contribution is 2.05. The van der Waals surface area contributed by atoms with Crippen molar-refractivity contribution in [1.29, 1.82) is 0 Å². The van der Waals surface area contributed by atoms with E-state index < -0.39 is 6.43 Å². The van der Waals surface area contributed by atoms with Crippen molar-refractivity contribution in [3.05, 3.63) is 0 Å². The maximum atomic E-state index is 12.0. The summed E-state index contributed by atoms with van der Waals surface area (Å²) in [6, 6.07) is 0. The molecule has 1 N–H and O–H groups in total. The van der Waals surface area contributed by atoms with Crippen LogP contribution in [0.3, 0.4) is 0 Å². The first-order valence-electron chi connectivity index (χ1n) is 4.27. The molecular formula is C8H16BrF2NO. The van der Waals surface area contributed by atoms with Gasteiger partial charge in [0.1, 0.15) is 0 Å². The van der Waals surface area contributed by atoms with E-state index in [1.807, 2.05) is 6.92 Å². The fourth-order valence-electron chi connectivity index (χ4n) is 1.08. The van der Waals surface area contributed by atoms with Crippen molar-refractivity contribution in [2.45, 2.75) is 13.3 Å². The standard InChI is InChI=1S/C8H16BrF2NO/c1-7(4-9)5-12(2-3-13)6-8(10)11/h7-8,13H,2-6H2,1H3. The van der Waals surface area contributed by atoms with Gasteiger partial charge in [-0.2, -0.15) is 0 Å². The molecule has 0 aromatic rings. The molecule has 0 rings (SSSR count). The van der Waals surface area contributed by atoms with Gasteiger partial charge in [-0.05, 0) is 5.92 Å². The molecule has 0 saturated carbocycles. The molecule has 0 saturated heterocycles. The second kappa shape index (κ2) is 7.64. The summed E-state index contributed by atoms with van der Waals surface area (Å²) in [5.41, 5.74) is 0. The minimum absolute atomic E-state index is 0.0677. The summed E-state index contributed by atoms with van der Waals surface area (Å²) in [4.78, 5) is 1.58. The number of halogens is 3. The number of rotatable bonds is 7. The molecule has 0 aromatic heterocycles. The maximum absolute atomic E-state index is 12.0. The van der Waals surface area contributed by atoms with Crippen LogP contribution >= 0.6 is 15.9 Å². The van der Waals surface area contributed by atoms with Gasteiger partial charge < -0.3 is 5.11 Å². The maximum Gasteiger partial charge on any atom is 0.251 e. The Labute approximate surface area is 86.0 Å². The Morgan fingerprint density at radius 2 is 2.00 bits per heavy atom. The average molecular weight is 260 g/mol. The van der Waals surface area contributed by atoms with Gasteiger partial charge in [0, 0.05) is 18.4 Å². The molecule has 1 atom stereocenters. The minimum atomic E-state index is -2.32. The molecule has 0 radical (unpaired) electrons. The average Bonchev–Trinajstić information content (AvgIpc) is 2.03. The van der Waals surface area contributed by atoms with Crippen LogP contribution in [0.2, 0.25) is 0 Å². The van der Waals surface area contributed by atoms with E-state index in [2.05, 4.69) is 15.9 Å². The van der Waals surface area contributed by atoms with Gasteiger partial charge in [-0.25, -0.2) is 8.78 Å². The predicted molar refractivity (Wildman–Crippen MR) is 52.5 cm³/mol. The second-order valence-corrected chi connectivity index (χ2v) is 3.78. The van der Waals surface area contributed by atoms with E-state index in [1.54, 1.807) is 4.90 Å². The Hall–Kier alpha value is 0.260. The highest BCUT2D eigenvalue weighted by Gasteiger charge is 2.13. The molecule has 0 amide bonds. The molecule has 0 bridgehead atoms. The molecule has 0 aliphatic rings. The van der Waals surface area contributed by atoms with Gasteiger partial charge in [0.15, 0.2) is 0 Å². The third-order valence-electron chi connectivity index (χ3n) is 1.65. The molecule has 0 aromatic carbocycles. The Morgan fingerprint density at radius 3 is 2.38 bits per heavy atom. The van der Waals surface area contributed by atoms with Crippen LogP contribution in [-0.2, 0) is 0 Å². The van der Waals surface area contributed by atoms with Crippen molar-refractivity contribution >= 4 is 15.9 Å². The lowest BCUT2D eigenvalue weighted by atomic mass is 10.2. The highest BCUT2D eigenvalue weighted by atomic mass is 79.9. The molecule has 1 unspecified atom stereocenters. The van der Waals surface area contributed by atoms with Gasteiger partial charge in [-0.1, -0.05) is 22.9 Å². The lowest BCUT2D eigenvalue weighted by Gasteiger charge is -2.23. The van der Waals surface area contributed by atoms with Gasteiger partial charge in [-0.3, -0.25) is 4.90 Å². The van der Waals surface area contributed by atoms with Gasteiger partial charge >= 0.3 is 0 Å². The van der Waals surface area contributed by atoms with Crippen molar-refractivity contribution < 1.29 is 13.9 Å². The van der Waals surface area contributed by atoms with Crippen molar-refractivity contribution in [2.75, 3.05) is 31.6 Å². The SMILES string of the molecule is CC(CBr)CN(CCO)CC(F)F. The minimum Gasteiger partial charge on any atom is -0.395 e. The molecule has 0 heterocycles. The molecule has 80 valence electrons. The van der Waals surface area contributed by atoms with Crippen LogP contribution in [0, 0.1) is 5.92 Å². The van der Waals surface area contributed by atoms with Gasteiger partial charge in [0.25, 0.3) is 6.43 Å². The van der Waals surface area contributed by atoms with E-state index in [4.69, 9.17) is 5.11 Å². The normalized spacial score (nSPS) is 14.1. The van der Waals surface area contributed by atoms with Crippen LogP contribution in [0.25, 0.3) is 0 Å². The summed E-state index contributed by atoms with van der Waals surface area (Å²) in [5, 5.41) is 9.43. The number of alkyl halides is 3. The van der Waals surface area contributed by atoms with E-state index in [0.717, 1.165) is 5.33 Å². The lowest BCUT2D eigenvalue weighted by Crippen LogP contribution is -2.35. The fourth-order valence-corrected chi connectivity index (χ4v) is 1.29. The topological polar surface area (TPSA) is 23.5 Å². The summed E-state index contributed by atoms with van der Waals surface area (Å²) in [7, 11) is 0. The summed E-state index contributed by atoms with van der Waals surface area (Å²) < 4.78 is 24.1. The van der Waals surface area contributed by atoms with Crippen molar-refractivity contribution in [3.63, 3.8) is 0 Å². The zero-order chi connectivity index (χ0) is 10.3. The third-order valence-corrected chi connectivity index (χ3v) is 2.75. The van der Waals surface area contributed by atoms with E-state index in [1.165, 1.54) is 0 Å². The largest absolute Gasteiger partial charge is 0.395 e. The predicted octanol–water partition coefficient (Wildman–Crippen LogP) is 1.58. The molecule has 0 fully saturated rings. The number of aliphatic hydroxyl groups excluding tert-OH is 1. The summed E-state index contributed by atoms with van der Waals surface area (Å²) in [5.74, 6) is 0.324. The van der Waals surface area contributed by atoms with Gasteiger partial charge in [-0.15, -0.1) is 0 Å². The molecule has 0 aliphatic carbocycles. The van der Waals surface area contributed by atoms with E-state index in [0.29, 0.717) is 19.0 Å².